The van der Waals surface area contributed by atoms with Crippen LogP contribution in [0.5, 0.6) is 5.75 Å². The molecule has 2 fully saturated rings. The first kappa shape index (κ1) is 22.7. The molecular formula is C22H24ClN3O5S. The van der Waals surface area contributed by atoms with Crippen LogP contribution in [0.25, 0.3) is 0 Å². The summed E-state index contributed by atoms with van der Waals surface area (Å²) < 4.78 is 32.4. The molecule has 2 aliphatic rings. The van der Waals surface area contributed by atoms with Gasteiger partial charge in [0.2, 0.25) is 21.8 Å². The maximum atomic E-state index is 12.9. The number of benzene rings is 2. The number of hydrogen-bond donors (Lipinski definition) is 0. The van der Waals surface area contributed by atoms with Crippen molar-refractivity contribution in [3.05, 3.63) is 59.1 Å². The van der Waals surface area contributed by atoms with Gasteiger partial charge in [0, 0.05) is 31.2 Å². The molecule has 32 heavy (non-hydrogen) atoms. The molecular weight excluding hydrogens is 454 g/mol. The fourth-order valence-electron chi connectivity index (χ4n) is 4.04. The number of carbonyl (C=O) groups is 2. The average molecular weight is 478 g/mol. The Morgan fingerprint density at radius 2 is 1.59 bits per heavy atom. The van der Waals surface area contributed by atoms with Gasteiger partial charge in [-0.1, -0.05) is 23.7 Å². The SMILES string of the molecule is COc1ccc(S(=O)(=O)N2CCN([C@@H]3CC(=O)N(Cc4ccc(Cl)cc4)C3=O)CC2)cc1. The predicted octanol–water partition coefficient (Wildman–Crippen LogP) is 1.98. The van der Waals surface area contributed by atoms with Crippen molar-refractivity contribution in [2.24, 2.45) is 0 Å². The number of ether oxygens (including phenoxy) is 1. The molecule has 2 aromatic carbocycles. The van der Waals surface area contributed by atoms with Crippen LogP contribution in [0.3, 0.4) is 0 Å². The summed E-state index contributed by atoms with van der Waals surface area (Å²) in [5.41, 5.74) is 0.826. The van der Waals surface area contributed by atoms with Crippen molar-refractivity contribution in [2.75, 3.05) is 33.3 Å². The van der Waals surface area contributed by atoms with Crippen LogP contribution in [0.1, 0.15) is 12.0 Å². The van der Waals surface area contributed by atoms with Crippen LogP contribution in [0.4, 0.5) is 0 Å². The van der Waals surface area contributed by atoms with Crippen molar-refractivity contribution in [2.45, 2.75) is 23.9 Å². The van der Waals surface area contributed by atoms with Crippen molar-refractivity contribution in [3.8, 4) is 5.75 Å². The number of imide groups is 1. The van der Waals surface area contributed by atoms with Crippen molar-refractivity contribution in [1.29, 1.82) is 0 Å². The van der Waals surface area contributed by atoms with Gasteiger partial charge < -0.3 is 4.74 Å². The van der Waals surface area contributed by atoms with Gasteiger partial charge in [-0.05, 0) is 42.0 Å². The van der Waals surface area contributed by atoms with Crippen LogP contribution in [-0.2, 0) is 26.2 Å². The molecule has 0 radical (unpaired) electrons. The van der Waals surface area contributed by atoms with Gasteiger partial charge >= 0.3 is 0 Å². The largest absolute Gasteiger partial charge is 0.497 e. The van der Waals surface area contributed by atoms with Crippen LogP contribution >= 0.6 is 11.6 Å². The highest BCUT2D eigenvalue weighted by Gasteiger charge is 2.43. The lowest BCUT2D eigenvalue weighted by Crippen LogP contribution is -2.53. The number of piperazine rings is 1. The summed E-state index contributed by atoms with van der Waals surface area (Å²) in [6.07, 6.45) is 0.109. The number of methoxy groups -OCH3 is 1. The zero-order chi connectivity index (χ0) is 22.9. The molecule has 0 N–H and O–H groups in total. The van der Waals surface area contributed by atoms with Crippen LogP contribution in [-0.4, -0.2) is 73.7 Å². The van der Waals surface area contributed by atoms with Crippen LogP contribution < -0.4 is 4.74 Å². The standard InChI is InChI=1S/C22H24ClN3O5S/c1-31-18-6-8-19(9-7-18)32(29,30)25-12-10-24(11-13-25)20-14-21(27)26(22(20)28)15-16-2-4-17(23)5-3-16/h2-9,20H,10-15H2,1H3/t20-/m1/s1. The maximum Gasteiger partial charge on any atom is 0.247 e. The highest BCUT2D eigenvalue weighted by Crippen LogP contribution is 2.25. The number of sulfonamides is 1. The zero-order valence-electron chi connectivity index (χ0n) is 17.6. The van der Waals surface area contributed by atoms with Crippen molar-refractivity contribution >= 4 is 33.4 Å². The molecule has 2 aliphatic heterocycles. The van der Waals surface area contributed by atoms with E-state index in [0.29, 0.717) is 23.9 Å². The molecule has 2 aromatic rings. The summed E-state index contributed by atoms with van der Waals surface area (Å²) in [4.78, 5) is 28.8. The first-order valence-electron chi connectivity index (χ1n) is 10.3. The number of nitrogens with zero attached hydrogens (tertiary/aromatic N) is 3. The number of halogens is 1. The van der Waals surface area contributed by atoms with Gasteiger partial charge in [0.1, 0.15) is 5.75 Å². The molecule has 10 heteroatoms. The lowest BCUT2D eigenvalue weighted by Gasteiger charge is -2.36. The van der Waals surface area contributed by atoms with Crippen LogP contribution in [0.2, 0.25) is 5.02 Å². The van der Waals surface area contributed by atoms with E-state index in [-0.39, 0.29) is 42.8 Å². The smallest absolute Gasteiger partial charge is 0.247 e. The lowest BCUT2D eigenvalue weighted by atomic mass is 10.2. The molecule has 0 aliphatic carbocycles. The van der Waals surface area contributed by atoms with Gasteiger partial charge in [-0.25, -0.2) is 8.42 Å². The van der Waals surface area contributed by atoms with Gasteiger partial charge in [0.25, 0.3) is 0 Å². The number of likely N-dealkylation sites (tertiary alicyclic amines) is 1. The minimum absolute atomic E-state index is 0.109. The third kappa shape index (κ3) is 4.52. The molecule has 0 unspecified atom stereocenters. The highest BCUT2D eigenvalue weighted by atomic mass is 35.5. The van der Waals surface area contributed by atoms with E-state index in [9.17, 15) is 18.0 Å². The van der Waals surface area contributed by atoms with E-state index in [0.717, 1.165) is 5.56 Å². The second-order valence-corrected chi connectivity index (χ2v) is 10.2. The Bertz CT molecular complexity index is 1100. The van der Waals surface area contributed by atoms with Gasteiger partial charge in [0.05, 0.1) is 31.0 Å². The summed E-state index contributed by atoms with van der Waals surface area (Å²) >= 11 is 5.90. The van der Waals surface area contributed by atoms with Crippen molar-refractivity contribution in [3.63, 3.8) is 0 Å². The molecule has 2 amide bonds. The molecule has 4 rings (SSSR count). The Kier molecular flexibility index (Phi) is 6.52. The zero-order valence-corrected chi connectivity index (χ0v) is 19.2. The second-order valence-electron chi connectivity index (χ2n) is 7.78. The normalized spacial score (nSPS) is 20.7. The first-order valence-corrected chi connectivity index (χ1v) is 12.1. The topological polar surface area (TPSA) is 87.2 Å². The predicted molar refractivity (Wildman–Crippen MR) is 119 cm³/mol. The minimum atomic E-state index is -3.64. The van der Waals surface area contributed by atoms with E-state index in [4.69, 9.17) is 16.3 Å². The van der Waals surface area contributed by atoms with Gasteiger partial charge in [-0.15, -0.1) is 0 Å². The first-order chi connectivity index (χ1) is 15.3. The highest BCUT2D eigenvalue weighted by molar-refractivity contribution is 7.89. The summed E-state index contributed by atoms with van der Waals surface area (Å²) in [7, 11) is -2.11. The quantitative estimate of drug-likeness (QED) is 0.591. The number of rotatable bonds is 6. The van der Waals surface area contributed by atoms with E-state index in [1.165, 1.54) is 28.4 Å². The van der Waals surface area contributed by atoms with Crippen LogP contribution in [0, 0.1) is 0 Å². The van der Waals surface area contributed by atoms with Gasteiger partial charge in [-0.2, -0.15) is 4.31 Å². The van der Waals surface area contributed by atoms with E-state index < -0.39 is 16.1 Å². The molecule has 2 saturated heterocycles. The molecule has 8 nitrogen and oxygen atoms in total. The summed E-state index contributed by atoms with van der Waals surface area (Å²) in [6.45, 7) is 1.48. The summed E-state index contributed by atoms with van der Waals surface area (Å²) in [6, 6.07) is 12.7. The third-order valence-corrected chi connectivity index (χ3v) is 8.05. The Morgan fingerprint density at radius 1 is 0.969 bits per heavy atom. The molecule has 0 aromatic heterocycles. The van der Waals surface area contributed by atoms with Crippen molar-refractivity contribution in [1.82, 2.24) is 14.1 Å². The molecule has 0 saturated carbocycles. The van der Waals surface area contributed by atoms with E-state index >= 15 is 0 Å². The Labute approximate surface area is 192 Å². The molecule has 1 atom stereocenters. The fourth-order valence-corrected chi connectivity index (χ4v) is 5.59. The van der Waals surface area contributed by atoms with Crippen molar-refractivity contribution < 1.29 is 22.7 Å². The summed E-state index contributed by atoms with van der Waals surface area (Å²) in [5, 5.41) is 0.591. The monoisotopic (exact) mass is 477 g/mol. The Balaban J connectivity index is 1.39. The van der Waals surface area contributed by atoms with Gasteiger partial charge in [0.15, 0.2) is 0 Å². The molecule has 0 bridgehead atoms. The number of hydrogen-bond acceptors (Lipinski definition) is 6. The Morgan fingerprint density at radius 3 is 2.19 bits per heavy atom. The molecule has 170 valence electrons. The summed E-state index contributed by atoms with van der Waals surface area (Å²) in [5.74, 6) is 0.126. The molecule has 0 spiro atoms. The lowest BCUT2D eigenvalue weighted by molar-refractivity contribution is -0.140. The number of amides is 2. The average Bonchev–Trinajstić information content (AvgIpc) is 3.09. The maximum absolute atomic E-state index is 12.9. The van der Waals surface area contributed by atoms with Gasteiger partial charge in [-0.3, -0.25) is 19.4 Å². The third-order valence-electron chi connectivity index (χ3n) is 5.89. The Hall–Kier alpha value is -2.46. The molecule has 2 heterocycles. The second kappa shape index (κ2) is 9.19. The van der Waals surface area contributed by atoms with E-state index in [2.05, 4.69) is 0 Å². The van der Waals surface area contributed by atoms with E-state index in [1.54, 1.807) is 36.4 Å². The van der Waals surface area contributed by atoms with E-state index in [1.807, 2.05) is 4.90 Å². The number of carbonyl (C=O) groups excluding carboxylic acids is 2. The van der Waals surface area contributed by atoms with Crippen LogP contribution in [0.15, 0.2) is 53.4 Å². The minimum Gasteiger partial charge on any atom is -0.497 e. The fraction of sp³-hybridized carbons (Fsp3) is 0.364.